The van der Waals surface area contributed by atoms with E-state index >= 15 is 0 Å². The SMILES string of the molecule is COc1cc2c(cc1O)CCN1C[C@@H](CC(C)(C)C)N(C)C[C@@H]21.COc1cc2c(cc1O)CCN1C[C@@H](CC(C)(C)C)N(C)C[C@H]21. The molecule has 4 heterocycles. The summed E-state index contributed by atoms with van der Waals surface area (Å²) in [6.07, 6.45) is 4.46. The molecule has 256 valence electrons. The molecule has 0 bridgehead atoms. The van der Waals surface area contributed by atoms with E-state index in [0.29, 0.717) is 46.5 Å². The van der Waals surface area contributed by atoms with E-state index in [2.05, 4.69) is 75.2 Å². The topological polar surface area (TPSA) is 71.9 Å². The molecular formula is C38H60N4O4. The van der Waals surface area contributed by atoms with E-state index in [1.807, 2.05) is 24.3 Å². The average Bonchev–Trinajstić information content (AvgIpc) is 2.96. The second-order valence-corrected chi connectivity index (χ2v) is 16.7. The van der Waals surface area contributed by atoms with Crippen LogP contribution in [-0.2, 0) is 12.8 Å². The summed E-state index contributed by atoms with van der Waals surface area (Å²) in [5.74, 6) is 1.69. The van der Waals surface area contributed by atoms with Gasteiger partial charge in [0.2, 0.25) is 0 Å². The molecule has 0 amide bonds. The van der Waals surface area contributed by atoms with Gasteiger partial charge in [-0.25, -0.2) is 0 Å². The van der Waals surface area contributed by atoms with Gasteiger partial charge in [-0.2, -0.15) is 0 Å². The number of aromatic hydroxyl groups is 2. The molecule has 4 aliphatic rings. The number of phenols is 2. The summed E-state index contributed by atoms with van der Waals surface area (Å²) in [6, 6.07) is 9.93. The number of piperazine rings is 2. The maximum Gasteiger partial charge on any atom is 0.160 e. The van der Waals surface area contributed by atoms with Crippen molar-refractivity contribution in [3.05, 3.63) is 46.5 Å². The van der Waals surface area contributed by atoms with Crippen LogP contribution in [0.1, 0.15) is 88.7 Å². The third-order valence-electron chi connectivity index (χ3n) is 10.6. The number of ether oxygens (including phenoxy) is 2. The van der Waals surface area contributed by atoms with Gasteiger partial charge in [-0.15, -0.1) is 0 Å². The quantitative estimate of drug-likeness (QED) is 0.417. The van der Waals surface area contributed by atoms with Crippen LogP contribution < -0.4 is 9.47 Å². The number of hydrogen-bond acceptors (Lipinski definition) is 8. The van der Waals surface area contributed by atoms with Gasteiger partial charge >= 0.3 is 0 Å². The first-order valence-corrected chi connectivity index (χ1v) is 17.2. The summed E-state index contributed by atoms with van der Waals surface area (Å²) in [4.78, 5) is 10.3. The molecule has 4 atom stereocenters. The van der Waals surface area contributed by atoms with Crippen molar-refractivity contribution in [2.75, 3.05) is 67.6 Å². The average molecular weight is 637 g/mol. The fourth-order valence-corrected chi connectivity index (χ4v) is 8.25. The first-order valence-electron chi connectivity index (χ1n) is 17.2. The van der Waals surface area contributed by atoms with Crippen LogP contribution in [0, 0.1) is 10.8 Å². The summed E-state index contributed by atoms with van der Waals surface area (Å²) in [5, 5.41) is 20.1. The van der Waals surface area contributed by atoms with E-state index in [9.17, 15) is 10.2 Å². The summed E-state index contributed by atoms with van der Waals surface area (Å²) in [5.41, 5.74) is 5.90. The maximum absolute atomic E-state index is 10.0. The lowest BCUT2D eigenvalue weighted by Crippen LogP contribution is -2.55. The monoisotopic (exact) mass is 636 g/mol. The van der Waals surface area contributed by atoms with E-state index < -0.39 is 0 Å². The third kappa shape index (κ3) is 7.78. The Labute approximate surface area is 278 Å². The van der Waals surface area contributed by atoms with Gasteiger partial charge in [0.15, 0.2) is 23.0 Å². The van der Waals surface area contributed by atoms with E-state index in [0.717, 1.165) is 52.1 Å². The number of benzene rings is 2. The van der Waals surface area contributed by atoms with E-state index in [-0.39, 0.29) is 11.5 Å². The Bertz CT molecular complexity index is 1260. The summed E-state index contributed by atoms with van der Waals surface area (Å²) >= 11 is 0. The molecule has 0 aromatic heterocycles. The Morgan fingerprint density at radius 1 is 0.630 bits per heavy atom. The Morgan fingerprint density at radius 2 is 1.00 bits per heavy atom. The standard InChI is InChI=1S/2C19H30N2O2/c2*1-19(2,3)10-14-11-21-7-6-13-8-17(22)18(23-5)9-15(13)16(21)12-20(14)4/h2*8-9,14,16,22H,6-7,10-12H2,1-5H3/t14-,16+;14-,16-/m11/s1. The number of methoxy groups -OCH3 is 2. The minimum Gasteiger partial charge on any atom is -0.504 e. The van der Waals surface area contributed by atoms with Crippen LogP contribution in [0.15, 0.2) is 24.3 Å². The van der Waals surface area contributed by atoms with Gasteiger partial charge < -0.3 is 29.5 Å². The molecule has 2 N–H and O–H groups in total. The molecule has 0 radical (unpaired) electrons. The molecule has 8 nitrogen and oxygen atoms in total. The van der Waals surface area contributed by atoms with Crippen LogP contribution in [0.25, 0.3) is 0 Å². The fourth-order valence-electron chi connectivity index (χ4n) is 8.25. The molecule has 2 aromatic carbocycles. The van der Waals surface area contributed by atoms with Crippen molar-refractivity contribution in [3.63, 3.8) is 0 Å². The van der Waals surface area contributed by atoms with Crippen molar-refractivity contribution in [1.29, 1.82) is 0 Å². The second-order valence-electron chi connectivity index (χ2n) is 16.7. The lowest BCUT2D eigenvalue weighted by atomic mass is 9.84. The minimum absolute atomic E-state index is 0.259. The highest BCUT2D eigenvalue weighted by Gasteiger charge is 2.39. The van der Waals surface area contributed by atoms with Crippen molar-refractivity contribution in [3.8, 4) is 23.0 Å². The van der Waals surface area contributed by atoms with E-state index in [4.69, 9.17) is 9.47 Å². The molecule has 0 spiro atoms. The molecule has 2 fully saturated rings. The zero-order valence-electron chi connectivity index (χ0n) is 30.2. The van der Waals surface area contributed by atoms with Crippen LogP contribution in [0.2, 0.25) is 0 Å². The largest absolute Gasteiger partial charge is 0.504 e. The van der Waals surface area contributed by atoms with Gasteiger partial charge in [0.1, 0.15) is 0 Å². The first-order chi connectivity index (χ1) is 21.6. The summed E-state index contributed by atoms with van der Waals surface area (Å²) in [6.45, 7) is 20.5. The lowest BCUT2D eigenvalue weighted by molar-refractivity contribution is 0.0213. The maximum atomic E-state index is 10.0. The highest BCUT2D eigenvalue weighted by atomic mass is 16.5. The Morgan fingerprint density at radius 3 is 1.33 bits per heavy atom. The highest BCUT2D eigenvalue weighted by Crippen LogP contribution is 2.42. The summed E-state index contributed by atoms with van der Waals surface area (Å²) < 4.78 is 10.6. The van der Waals surface area contributed by atoms with Crippen LogP contribution >= 0.6 is 0 Å². The van der Waals surface area contributed by atoms with Crippen LogP contribution in [0.3, 0.4) is 0 Å². The van der Waals surface area contributed by atoms with Crippen molar-refractivity contribution in [2.24, 2.45) is 10.8 Å². The molecule has 0 aliphatic carbocycles. The number of fused-ring (bicyclic) bond motifs is 6. The molecule has 6 rings (SSSR count). The van der Waals surface area contributed by atoms with Crippen LogP contribution in [0.5, 0.6) is 23.0 Å². The predicted octanol–water partition coefficient (Wildman–Crippen LogP) is 6.10. The Hall–Kier alpha value is -2.52. The minimum atomic E-state index is 0.259. The van der Waals surface area contributed by atoms with Crippen molar-refractivity contribution >= 4 is 0 Å². The molecule has 8 heteroatoms. The zero-order valence-corrected chi connectivity index (χ0v) is 30.2. The molecule has 46 heavy (non-hydrogen) atoms. The van der Waals surface area contributed by atoms with Crippen molar-refractivity contribution in [2.45, 2.75) is 91.4 Å². The van der Waals surface area contributed by atoms with Gasteiger partial charge in [0.25, 0.3) is 0 Å². The second kappa shape index (κ2) is 13.5. The van der Waals surface area contributed by atoms with Gasteiger partial charge in [0.05, 0.1) is 14.2 Å². The number of rotatable bonds is 4. The Balaban J connectivity index is 0.000000181. The molecule has 2 saturated heterocycles. The molecule has 0 unspecified atom stereocenters. The molecule has 0 saturated carbocycles. The number of phenolic OH excluding ortho intramolecular Hbond substituents is 2. The highest BCUT2D eigenvalue weighted by molar-refractivity contribution is 5.50. The number of hydrogen-bond donors (Lipinski definition) is 2. The molecule has 2 aromatic rings. The predicted molar refractivity (Wildman–Crippen MR) is 186 cm³/mol. The fraction of sp³-hybridized carbons (Fsp3) is 0.684. The van der Waals surface area contributed by atoms with Crippen LogP contribution in [-0.4, -0.2) is 109 Å². The van der Waals surface area contributed by atoms with Crippen molar-refractivity contribution < 1.29 is 19.7 Å². The molecular weight excluding hydrogens is 576 g/mol. The first kappa shape index (κ1) is 34.8. The van der Waals surface area contributed by atoms with Crippen LogP contribution in [0.4, 0.5) is 0 Å². The smallest absolute Gasteiger partial charge is 0.160 e. The van der Waals surface area contributed by atoms with Gasteiger partial charge in [0, 0.05) is 63.4 Å². The van der Waals surface area contributed by atoms with E-state index in [1.165, 1.54) is 35.1 Å². The number of nitrogens with zero attached hydrogens (tertiary/aromatic N) is 4. The van der Waals surface area contributed by atoms with Gasteiger partial charge in [-0.3, -0.25) is 9.80 Å². The normalized spacial score (nSPS) is 25.8. The lowest BCUT2D eigenvalue weighted by Gasteiger charge is -2.49. The Kier molecular flexibility index (Phi) is 10.2. The van der Waals surface area contributed by atoms with Crippen molar-refractivity contribution in [1.82, 2.24) is 19.6 Å². The number of likely N-dealkylation sites (N-methyl/N-ethyl adjacent to an activating group) is 2. The van der Waals surface area contributed by atoms with Gasteiger partial charge in [-0.05, 0) is 97.1 Å². The molecule has 4 aliphatic heterocycles. The van der Waals surface area contributed by atoms with Gasteiger partial charge in [-0.1, -0.05) is 41.5 Å². The summed E-state index contributed by atoms with van der Waals surface area (Å²) in [7, 11) is 7.74. The third-order valence-corrected chi connectivity index (χ3v) is 10.6. The van der Waals surface area contributed by atoms with E-state index in [1.54, 1.807) is 14.2 Å². The zero-order chi connectivity index (χ0) is 33.6.